The van der Waals surface area contributed by atoms with Crippen LogP contribution in [-0.4, -0.2) is 53.9 Å². The van der Waals surface area contributed by atoms with E-state index in [4.69, 9.17) is 14.2 Å². The molecule has 0 spiro atoms. The first kappa shape index (κ1) is 22.4. The fourth-order valence-corrected chi connectivity index (χ4v) is 3.97. The summed E-state index contributed by atoms with van der Waals surface area (Å²) in [5, 5.41) is 4.60. The Morgan fingerprint density at radius 3 is 2.30 bits per heavy atom. The van der Waals surface area contributed by atoms with E-state index < -0.39 is 5.97 Å². The highest BCUT2D eigenvalue weighted by Gasteiger charge is 2.31. The van der Waals surface area contributed by atoms with Gasteiger partial charge in [0.05, 0.1) is 38.8 Å². The maximum Gasteiger partial charge on any atom is 0.359 e. The number of ether oxygens (including phenoxy) is 3. The van der Waals surface area contributed by atoms with E-state index in [1.807, 2.05) is 31.2 Å². The van der Waals surface area contributed by atoms with Crippen molar-refractivity contribution in [2.75, 3.05) is 27.4 Å². The molecule has 1 aliphatic rings. The molecule has 2 aromatic carbocycles. The number of amides is 1. The summed E-state index contributed by atoms with van der Waals surface area (Å²) in [7, 11) is 3.09. The standard InChI is InChI=1S/C25H27N3O5/c1-5-33-25(30)23-21-15-27(24(29)17-12-19(31-3)14-20(13-17)32-4)11-10-22(21)28(26-23)18-8-6-16(2)7-9-18/h6-9,12-14H,5,10-11,15H2,1-4H3. The summed E-state index contributed by atoms with van der Waals surface area (Å²) in [5.74, 6) is 0.414. The minimum Gasteiger partial charge on any atom is -0.497 e. The molecule has 2 heterocycles. The Kier molecular flexibility index (Phi) is 6.35. The average Bonchev–Trinajstić information content (AvgIpc) is 3.22. The van der Waals surface area contributed by atoms with E-state index in [9.17, 15) is 9.59 Å². The van der Waals surface area contributed by atoms with Crippen LogP contribution < -0.4 is 9.47 Å². The third kappa shape index (κ3) is 4.41. The van der Waals surface area contributed by atoms with Gasteiger partial charge in [-0.1, -0.05) is 17.7 Å². The highest BCUT2D eigenvalue weighted by atomic mass is 16.5. The summed E-state index contributed by atoms with van der Waals surface area (Å²) in [4.78, 5) is 27.7. The molecule has 0 aliphatic carbocycles. The van der Waals surface area contributed by atoms with Gasteiger partial charge in [0.1, 0.15) is 11.5 Å². The number of aromatic nitrogens is 2. The molecule has 33 heavy (non-hydrogen) atoms. The molecular weight excluding hydrogens is 422 g/mol. The number of hydrogen-bond donors (Lipinski definition) is 0. The van der Waals surface area contributed by atoms with Crippen molar-refractivity contribution in [3.63, 3.8) is 0 Å². The smallest absolute Gasteiger partial charge is 0.359 e. The van der Waals surface area contributed by atoms with Gasteiger partial charge in [-0.15, -0.1) is 0 Å². The molecule has 0 fully saturated rings. The fraction of sp³-hybridized carbons (Fsp3) is 0.320. The second-order valence-corrected chi connectivity index (χ2v) is 7.82. The predicted octanol–water partition coefficient (Wildman–Crippen LogP) is 3.57. The van der Waals surface area contributed by atoms with Crippen molar-refractivity contribution in [2.45, 2.75) is 26.8 Å². The van der Waals surface area contributed by atoms with Gasteiger partial charge in [-0.25, -0.2) is 9.48 Å². The molecule has 172 valence electrons. The normalized spacial score (nSPS) is 12.8. The van der Waals surface area contributed by atoms with E-state index in [2.05, 4.69) is 5.10 Å². The van der Waals surface area contributed by atoms with Crippen LogP contribution in [0.4, 0.5) is 0 Å². The largest absolute Gasteiger partial charge is 0.497 e. The Morgan fingerprint density at radius 2 is 1.70 bits per heavy atom. The van der Waals surface area contributed by atoms with Gasteiger partial charge in [0.2, 0.25) is 0 Å². The molecule has 0 saturated heterocycles. The van der Waals surface area contributed by atoms with E-state index in [1.165, 1.54) is 0 Å². The highest BCUT2D eigenvalue weighted by molar-refractivity contribution is 5.96. The highest BCUT2D eigenvalue weighted by Crippen LogP contribution is 2.29. The minimum absolute atomic E-state index is 0.171. The second-order valence-electron chi connectivity index (χ2n) is 7.82. The number of rotatable bonds is 6. The molecule has 4 rings (SSSR count). The van der Waals surface area contributed by atoms with Crippen molar-refractivity contribution in [1.29, 1.82) is 0 Å². The number of nitrogens with zero attached hydrogens (tertiary/aromatic N) is 3. The predicted molar refractivity (Wildman–Crippen MR) is 122 cm³/mol. The lowest BCUT2D eigenvalue weighted by atomic mass is 10.0. The third-order valence-corrected chi connectivity index (χ3v) is 5.69. The van der Waals surface area contributed by atoms with Gasteiger partial charge in [-0.2, -0.15) is 5.10 Å². The number of benzene rings is 2. The average molecular weight is 450 g/mol. The van der Waals surface area contributed by atoms with Gasteiger partial charge in [0.25, 0.3) is 5.91 Å². The maximum absolute atomic E-state index is 13.3. The number of carbonyl (C=O) groups excluding carboxylic acids is 2. The van der Waals surface area contributed by atoms with Crippen molar-refractivity contribution >= 4 is 11.9 Å². The van der Waals surface area contributed by atoms with Crippen molar-refractivity contribution in [3.05, 3.63) is 70.5 Å². The molecule has 1 amide bonds. The van der Waals surface area contributed by atoms with Crippen LogP contribution in [0.1, 0.15) is 44.6 Å². The number of esters is 1. The Bertz CT molecular complexity index is 1160. The topological polar surface area (TPSA) is 82.9 Å². The first-order valence-corrected chi connectivity index (χ1v) is 10.8. The molecule has 0 saturated carbocycles. The molecule has 1 aromatic heterocycles. The Hall–Kier alpha value is -3.81. The van der Waals surface area contributed by atoms with Gasteiger partial charge in [0, 0.05) is 30.2 Å². The van der Waals surface area contributed by atoms with Crippen LogP contribution in [0.25, 0.3) is 5.69 Å². The summed E-state index contributed by atoms with van der Waals surface area (Å²) in [6.07, 6.45) is 0.558. The first-order valence-electron chi connectivity index (χ1n) is 10.8. The number of fused-ring (bicyclic) bond motifs is 1. The second kappa shape index (κ2) is 9.36. The zero-order chi connectivity index (χ0) is 23.5. The van der Waals surface area contributed by atoms with E-state index in [0.29, 0.717) is 35.6 Å². The maximum atomic E-state index is 13.3. The quantitative estimate of drug-likeness (QED) is 0.535. The molecule has 1 aliphatic heterocycles. The number of carbonyl (C=O) groups is 2. The minimum atomic E-state index is -0.489. The number of methoxy groups -OCH3 is 2. The van der Waals surface area contributed by atoms with Gasteiger partial charge in [0.15, 0.2) is 5.69 Å². The summed E-state index contributed by atoms with van der Waals surface area (Å²) in [5.41, 5.74) is 4.32. The number of aryl methyl sites for hydroxylation is 1. The fourth-order valence-electron chi connectivity index (χ4n) is 3.97. The van der Waals surface area contributed by atoms with Crippen LogP contribution in [0.15, 0.2) is 42.5 Å². The molecule has 0 unspecified atom stereocenters. The summed E-state index contributed by atoms with van der Waals surface area (Å²) < 4.78 is 17.6. The van der Waals surface area contributed by atoms with Crippen LogP contribution in [0.3, 0.4) is 0 Å². The van der Waals surface area contributed by atoms with Crippen molar-refractivity contribution in [1.82, 2.24) is 14.7 Å². The monoisotopic (exact) mass is 449 g/mol. The summed E-state index contributed by atoms with van der Waals surface area (Å²) in [6.45, 7) is 4.77. The lowest BCUT2D eigenvalue weighted by molar-refractivity contribution is 0.0513. The zero-order valence-corrected chi connectivity index (χ0v) is 19.3. The van der Waals surface area contributed by atoms with Gasteiger partial charge < -0.3 is 19.1 Å². The number of hydrogen-bond acceptors (Lipinski definition) is 6. The molecular formula is C25H27N3O5. The SMILES string of the molecule is CCOC(=O)c1nn(-c2ccc(C)cc2)c2c1CN(C(=O)c1cc(OC)cc(OC)c1)CC2. The van der Waals surface area contributed by atoms with Crippen molar-refractivity contribution in [2.24, 2.45) is 0 Å². The third-order valence-electron chi connectivity index (χ3n) is 5.69. The van der Waals surface area contributed by atoms with Gasteiger partial charge in [-0.05, 0) is 38.1 Å². The molecule has 0 radical (unpaired) electrons. The van der Waals surface area contributed by atoms with Crippen LogP contribution in [-0.2, 0) is 17.7 Å². The Morgan fingerprint density at radius 1 is 1.03 bits per heavy atom. The van der Waals surface area contributed by atoms with Crippen LogP contribution in [0.5, 0.6) is 11.5 Å². The summed E-state index contributed by atoms with van der Waals surface area (Å²) in [6, 6.07) is 13.0. The summed E-state index contributed by atoms with van der Waals surface area (Å²) >= 11 is 0. The van der Waals surface area contributed by atoms with E-state index in [0.717, 1.165) is 16.9 Å². The Balaban J connectivity index is 1.71. The Labute approximate surface area is 192 Å². The van der Waals surface area contributed by atoms with Crippen LogP contribution in [0, 0.1) is 6.92 Å². The van der Waals surface area contributed by atoms with Crippen molar-refractivity contribution < 1.29 is 23.8 Å². The molecule has 0 atom stereocenters. The van der Waals surface area contributed by atoms with E-state index in [-0.39, 0.29) is 24.8 Å². The van der Waals surface area contributed by atoms with Crippen molar-refractivity contribution in [3.8, 4) is 17.2 Å². The van der Waals surface area contributed by atoms with Gasteiger partial charge in [-0.3, -0.25) is 4.79 Å². The molecule has 0 N–H and O–H groups in total. The molecule has 3 aromatic rings. The van der Waals surface area contributed by atoms with E-state index >= 15 is 0 Å². The lowest BCUT2D eigenvalue weighted by Crippen LogP contribution is -2.36. The first-order chi connectivity index (χ1) is 15.9. The molecule has 8 heteroatoms. The van der Waals surface area contributed by atoms with E-state index in [1.54, 1.807) is 48.9 Å². The lowest BCUT2D eigenvalue weighted by Gasteiger charge is -2.28. The zero-order valence-electron chi connectivity index (χ0n) is 19.3. The van der Waals surface area contributed by atoms with Crippen LogP contribution in [0.2, 0.25) is 0 Å². The molecule has 0 bridgehead atoms. The molecule has 8 nitrogen and oxygen atoms in total. The van der Waals surface area contributed by atoms with Crippen LogP contribution >= 0.6 is 0 Å². The van der Waals surface area contributed by atoms with Gasteiger partial charge >= 0.3 is 5.97 Å².